The summed E-state index contributed by atoms with van der Waals surface area (Å²) in [6.45, 7) is 0. The summed E-state index contributed by atoms with van der Waals surface area (Å²) in [6.07, 6.45) is 6.02. The van der Waals surface area contributed by atoms with Gasteiger partial charge in [0.1, 0.15) is 0 Å². The average Bonchev–Trinajstić information content (AvgIpc) is 2.71. The first-order valence-corrected chi connectivity index (χ1v) is 4.76. The van der Waals surface area contributed by atoms with Gasteiger partial charge >= 0.3 is 0 Å². The summed E-state index contributed by atoms with van der Waals surface area (Å²) >= 11 is 0. The lowest BCUT2D eigenvalue weighted by atomic mass is 9.94. The monoisotopic (exact) mass is 174 g/mol. The molecule has 1 aromatic rings. The van der Waals surface area contributed by atoms with Gasteiger partial charge in [0.15, 0.2) is 0 Å². The van der Waals surface area contributed by atoms with Crippen molar-refractivity contribution in [1.29, 1.82) is 0 Å². The molecule has 0 amide bonds. The summed E-state index contributed by atoms with van der Waals surface area (Å²) < 4.78 is 0. The van der Waals surface area contributed by atoms with Gasteiger partial charge in [-0.2, -0.15) is 0 Å². The quantitative estimate of drug-likeness (QED) is 0.683. The summed E-state index contributed by atoms with van der Waals surface area (Å²) in [5, 5.41) is 9.98. The van der Waals surface area contributed by atoms with Crippen LogP contribution in [-0.4, -0.2) is 5.11 Å². The summed E-state index contributed by atoms with van der Waals surface area (Å²) in [4.78, 5) is 0. The van der Waals surface area contributed by atoms with Crippen LogP contribution in [0.2, 0.25) is 0 Å². The van der Waals surface area contributed by atoms with Crippen LogP contribution in [0.1, 0.15) is 24.5 Å². The second-order valence-corrected chi connectivity index (χ2v) is 3.56. The maximum Gasteiger partial charge on any atom is 0.0824 e. The highest BCUT2D eigenvalue weighted by atomic mass is 16.3. The molecule has 1 aliphatic rings. The Kier molecular flexibility index (Phi) is 2.46. The van der Waals surface area contributed by atoms with Crippen molar-refractivity contribution < 1.29 is 5.11 Å². The van der Waals surface area contributed by atoms with Gasteiger partial charge in [0, 0.05) is 0 Å². The molecule has 1 aromatic carbocycles. The summed E-state index contributed by atoms with van der Waals surface area (Å²) in [6, 6.07) is 9.90. The molecule has 0 fully saturated rings. The van der Waals surface area contributed by atoms with Crippen molar-refractivity contribution in [3.8, 4) is 0 Å². The largest absolute Gasteiger partial charge is 0.388 e. The predicted octanol–water partition coefficient (Wildman–Crippen LogP) is 2.69. The van der Waals surface area contributed by atoms with Crippen molar-refractivity contribution in [3.05, 3.63) is 48.0 Å². The zero-order valence-electron chi connectivity index (χ0n) is 7.56. The molecule has 2 rings (SSSR count). The first kappa shape index (κ1) is 8.52. The zero-order valence-corrected chi connectivity index (χ0v) is 7.56. The van der Waals surface area contributed by atoms with E-state index in [0.717, 1.165) is 18.4 Å². The number of rotatable bonds is 2. The van der Waals surface area contributed by atoms with E-state index in [2.05, 4.69) is 12.2 Å². The normalized spacial score (nSPS) is 19.2. The molecule has 1 N–H and O–H groups in total. The molecule has 0 bridgehead atoms. The summed E-state index contributed by atoms with van der Waals surface area (Å²) in [5.41, 5.74) is 1.04. The maximum atomic E-state index is 9.98. The van der Waals surface area contributed by atoms with Crippen LogP contribution in [0.4, 0.5) is 0 Å². The van der Waals surface area contributed by atoms with Gasteiger partial charge in [-0.25, -0.2) is 0 Å². The lowest BCUT2D eigenvalue weighted by Gasteiger charge is -2.17. The van der Waals surface area contributed by atoms with Crippen molar-refractivity contribution in [3.63, 3.8) is 0 Å². The van der Waals surface area contributed by atoms with Crippen LogP contribution in [0.5, 0.6) is 0 Å². The minimum absolute atomic E-state index is 0.295. The Hall–Kier alpha value is -1.08. The van der Waals surface area contributed by atoms with Gasteiger partial charge in [0.25, 0.3) is 0 Å². The lowest BCUT2D eigenvalue weighted by Crippen LogP contribution is -2.08. The van der Waals surface area contributed by atoms with Gasteiger partial charge in [0.05, 0.1) is 6.10 Å². The standard InChI is InChI=1S/C12H14O/c13-12(11-8-4-5-9-11)10-6-2-1-3-7-10/h1-7,11-13H,8-9H2. The van der Waals surface area contributed by atoms with Crippen molar-refractivity contribution in [2.24, 2.45) is 5.92 Å². The summed E-state index contributed by atoms with van der Waals surface area (Å²) in [7, 11) is 0. The van der Waals surface area contributed by atoms with E-state index in [4.69, 9.17) is 0 Å². The number of aliphatic hydroxyl groups excluding tert-OH is 1. The third-order valence-corrected chi connectivity index (χ3v) is 2.63. The Morgan fingerprint density at radius 2 is 1.69 bits per heavy atom. The van der Waals surface area contributed by atoms with Crippen LogP contribution < -0.4 is 0 Å². The van der Waals surface area contributed by atoms with Gasteiger partial charge in [-0.05, 0) is 24.3 Å². The number of hydrogen-bond acceptors (Lipinski definition) is 1. The number of benzene rings is 1. The minimum atomic E-state index is -0.295. The predicted molar refractivity (Wildman–Crippen MR) is 53.3 cm³/mol. The Morgan fingerprint density at radius 1 is 1.08 bits per heavy atom. The van der Waals surface area contributed by atoms with Gasteiger partial charge in [-0.1, -0.05) is 42.5 Å². The van der Waals surface area contributed by atoms with Crippen molar-refractivity contribution >= 4 is 0 Å². The Balaban J connectivity index is 2.09. The highest BCUT2D eigenvalue weighted by Gasteiger charge is 2.20. The van der Waals surface area contributed by atoms with Crippen LogP contribution in [0.3, 0.4) is 0 Å². The van der Waals surface area contributed by atoms with Gasteiger partial charge < -0.3 is 5.11 Å². The number of hydrogen-bond donors (Lipinski definition) is 1. The fourth-order valence-corrected chi connectivity index (χ4v) is 1.82. The highest BCUT2D eigenvalue weighted by molar-refractivity contribution is 5.19. The second-order valence-electron chi connectivity index (χ2n) is 3.56. The van der Waals surface area contributed by atoms with Crippen molar-refractivity contribution in [2.45, 2.75) is 18.9 Å². The number of allylic oxidation sites excluding steroid dienone is 2. The summed E-state index contributed by atoms with van der Waals surface area (Å²) in [5.74, 6) is 0.391. The van der Waals surface area contributed by atoms with E-state index in [-0.39, 0.29) is 6.10 Å². The molecule has 1 aliphatic carbocycles. The van der Waals surface area contributed by atoms with E-state index in [1.807, 2.05) is 30.3 Å². The van der Waals surface area contributed by atoms with Gasteiger partial charge in [-0.15, -0.1) is 0 Å². The topological polar surface area (TPSA) is 20.2 Å². The molecule has 13 heavy (non-hydrogen) atoms. The first-order chi connectivity index (χ1) is 6.38. The molecular weight excluding hydrogens is 160 g/mol. The smallest absolute Gasteiger partial charge is 0.0824 e. The van der Waals surface area contributed by atoms with Crippen LogP contribution in [0.25, 0.3) is 0 Å². The van der Waals surface area contributed by atoms with E-state index >= 15 is 0 Å². The van der Waals surface area contributed by atoms with Gasteiger partial charge in [-0.3, -0.25) is 0 Å². The second kappa shape index (κ2) is 3.75. The van der Waals surface area contributed by atoms with E-state index in [9.17, 15) is 5.11 Å². The van der Waals surface area contributed by atoms with Crippen LogP contribution in [0.15, 0.2) is 42.5 Å². The fourth-order valence-electron chi connectivity index (χ4n) is 1.82. The molecular formula is C12H14O. The van der Waals surface area contributed by atoms with E-state index < -0.39 is 0 Å². The molecule has 1 unspecified atom stereocenters. The Labute approximate surface area is 78.7 Å². The van der Waals surface area contributed by atoms with Crippen molar-refractivity contribution in [1.82, 2.24) is 0 Å². The SMILES string of the molecule is OC(c1ccccc1)C1CC=CC1. The minimum Gasteiger partial charge on any atom is -0.388 e. The third kappa shape index (κ3) is 1.81. The molecule has 0 radical (unpaired) electrons. The van der Waals surface area contributed by atoms with Crippen LogP contribution >= 0.6 is 0 Å². The highest BCUT2D eigenvalue weighted by Crippen LogP contribution is 2.31. The third-order valence-electron chi connectivity index (χ3n) is 2.63. The zero-order chi connectivity index (χ0) is 9.10. The average molecular weight is 174 g/mol. The Bertz CT molecular complexity index is 281. The first-order valence-electron chi connectivity index (χ1n) is 4.76. The molecule has 0 saturated heterocycles. The molecule has 68 valence electrons. The van der Waals surface area contributed by atoms with Crippen LogP contribution in [0, 0.1) is 5.92 Å². The molecule has 0 aromatic heterocycles. The molecule has 1 heteroatoms. The fraction of sp³-hybridized carbons (Fsp3) is 0.333. The van der Waals surface area contributed by atoms with E-state index in [1.165, 1.54) is 0 Å². The molecule has 1 atom stereocenters. The molecule has 0 spiro atoms. The Morgan fingerprint density at radius 3 is 2.31 bits per heavy atom. The number of aliphatic hydroxyl groups is 1. The lowest BCUT2D eigenvalue weighted by molar-refractivity contribution is 0.115. The maximum absolute atomic E-state index is 9.98. The molecule has 1 nitrogen and oxygen atoms in total. The van der Waals surface area contributed by atoms with Crippen LogP contribution in [-0.2, 0) is 0 Å². The molecule has 0 saturated carbocycles. The van der Waals surface area contributed by atoms with E-state index in [1.54, 1.807) is 0 Å². The van der Waals surface area contributed by atoms with Crippen molar-refractivity contribution in [2.75, 3.05) is 0 Å². The van der Waals surface area contributed by atoms with E-state index in [0.29, 0.717) is 5.92 Å². The molecule has 0 aliphatic heterocycles. The molecule has 0 heterocycles. The van der Waals surface area contributed by atoms with Gasteiger partial charge in [0.2, 0.25) is 0 Å².